The molecule has 1 unspecified atom stereocenters. The van der Waals surface area contributed by atoms with Gasteiger partial charge in [-0.2, -0.15) is 0 Å². The zero-order valence-corrected chi connectivity index (χ0v) is 31.6. The number of phenolic OH excluding ortho intramolecular Hbond substituents is 1. The van der Waals surface area contributed by atoms with E-state index in [1.165, 1.54) is 44.5 Å². The van der Waals surface area contributed by atoms with Crippen molar-refractivity contribution in [3.63, 3.8) is 0 Å². The zero-order chi connectivity index (χ0) is 35.2. The van der Waals surface area contributed by atoms with E-state index in [0.29, 0.717) is 13.2 Å². The minimum Gasteiger partial charge on any atom is -0.508 e. The summed E-state index contributed by atoms with van der Waals surface area (Å²) in [7, 11) is 0. The summed E-state index contributed by atoms with van der Waals surface area (Å²) >= 11 is 0. The van der Waals surface area contributed by atoms with Crippen LogP contribution in [0.25, 0.3) is 22.3 Å². The second-order valence-corrected chi connectivity index (χ2v) is 16.1. The van der Waals surface area contributed by atoms with Crippen LogP contribution in [0.4, 0.5) is 0 Å². The standard InChI is InChI=1S/C46H58O3/c1-10-43(7,11-2)28-31-16-22-39-37(24-31)38-26-33(48-29-44(8,12-3)13-4)19-23-40(38)46(39)41-25-32(47)17-20-35(41)36-21-18-34(27-42(36)46)49-30-45(9,14-5)15-6/h16-27,47H,10-15,28-30H2,1-9H3. The summed E-state index contributed by atoms with van der Waals surface area (Å²) in [6, 6.07) is 26.5. The molecular weight excluding hydrogens is 601 g/mol. The zero-order valence-electron chi connectivity index (χ0n) is 31.6. The van der Waals surface area contributed by atoms with E-state index in [9.17, 15) is 5.11 Å². The number of hydrogen-bond donors (Lipinski definition) is 1. The second kappa shape index (κ2) is 13.2. The van der Waals surface area contributed by atoms with Crippen molar-refractivity contribution in [3.05, 3.63) is 101 Å². The molecule has 3 nitrogen and oxygen atoms in total. The van der Waals surface area contributed by atoms with E-state index in [1.54, 1.807) is 0 Å². The lowest BCUT2D eigenvalue weighted by Gasteiger charge is -2.32. The maximum atomic E-state index is 11.0. The lowest BCUT2D eigenvalue weighted by molar-refractivity contribution is 0.152. The van der Waals surface area contributed by atoms with Crippen molar-refractivity contribution >= 4 is 0 Å². The van der Waals surface area contributed by atoms with Gasteiger partial charge in [0.15, 0.2) is 0 Å². The molecule has 0 radical (unpaired) electrons. The number of ether oxygens (including phenoxy) is 2. The second-order valence-electron chi connectivity index (χ2n) is 16.1. The topological polar surface area (TPSA) is 38.7 Å². The Balaban J connectivity index is 1.57. The molecule has 6 rings (SSSR count). The van der Waals surface area contributed by atoms with Gasteiger partial charge in [-0.25, -0.2) is 0 Å². The summed E-state index contributed by atoms with van der Waals surface area (Å²) in [6.45, 7) is 22.0. The van der Waals surface area contributed by atoms with E-state index < -0.39 is 5.41 Å². The van der Waals surface area contributed by atoms with Gasteiger partial charge in [0.1, 0.15) is 17.2 Å². The van der Waals surface area contributed by atoms with Gasteiger partial charge in [-0.15, -0.1) is 0 Å². The molecule has 2 aliphatic carbocycles. The van der Waals surface area contributed by atoms with Gasteiger partial charge in [0, 0.05) is 10.8 Å². The van der Waals surface area contributed by atoms with Crippen LogP contribution in [0.15, 0.2) is 72.8 Å². The normalized spacial score (nSPS) is 16.3. The van der Waals surface area contributed by atoms with Gasteiger partial charge in [0.25, 0.3) is 0 Å². The maximum absolute atomic E-state index is 11.0. The van der Waals surface area contributed by atoms with Gasteiger partial charge in [-0.05, 0) is 124 Å². The van der Waals surface area contributed by atoms with Crippen LogP contribution in [-0.2, 0) is 11.8 Å². The third-order valence-corrected chi connectivity index (χ3v) is 13.2. The average Bonchev–Trinajstić information content (AvgIpc) is 3.58. The summed E-state index contributed by atoms with van der Waals surface area (Å²) in [5.41, 5.74) is 11.0. The Morgan fingerprint density at radius 2 is 0.959 bits per heavy atom. The molecule has 49 heavy (non-hydrogen) atoms. The van der Waals surface area contributed by atoms with E-state index in [2.05, 4.69) is 123 Å². The van der Waals surface area contributed by atoms with E-state index in [4.69, 9.17) is 9.47 Å². The molecule has 0 aromatic heterocycles. The van der Waals surface area contributed by atoms with Crippen LogP contribution >= 0.6 is 0 Å². The number of aromatic hydroxyl groups is 1. The van der Waals surface area contributed by atoms with Crippen molar-refractivity contribution in [3.8, 4) is 39.5 Å². The maximum Gasteiger partial charge on any atom is 0.119 e. The molecule has 0 saturated heterocycles. The summed E-state index contributed by atoms with van der Waals surface area (Å²) in [4.78, 5) is 0. The highest BCUT2D eigenvalue weighted by molar-refractivity contribution is 5.96. The highest BCUT2D eigenvalue weighted by Gasteiger charge is 2.52. The lowest BCUT2D eigenvalue weighted by Crippen LogP contribution is -2.26. The summed E-state index contributed by atoms with van der Waals surface area (Å²) < 4.78 is 13.2. The molecule has 4 aromatic rings. The summed E-state index contributed by atoms with van der Waals surface area (Å²) in [5.74, 6) is 2.10. The van der Waals surface area contributed by atoms with Crippen molar-refractivity contribution in [2.24, 2.45) is 16.2 Å². The van der Waals surface area contributed by atoms with Crippen LogP contribution in [0, 0.1) is 16.2 Å². The van der Waals surface area contributed by atoms with Crippen molar-refractivity contribution in [1.82, 2.24) is 0 Å². The number of hydrogen-bond acceptors (Lipinski definition) is 3. The minimum atomic E-state index is -0.580. The van der Waals surface area contributed by atoms with Crippen LogP contribution < -0.4 is 9.47 Å². The molecule has 0 heterocycles. The number of fused-ring (bicyclic) bond motifs is 10. The molecule has 0 bridgehead atoms. The summed E-state index contributed by atoms with van der Waals surface area (Å²) in [5, 5.41) is 11.0. The SMILES string of the molecule is CCC(C)(CC)COc1ccc2c(c1)-c1cc(CC(C)(CC)CC)ccc1C21c2cc(O)ccc2-c2ccc(OCC(C)(CC)CC)cc21. The first kappa shape index (κ1) is 35.1. The van der Waals surface area contributed by atoms with Gasteiger partial charge in [-0.1, -0.05) is 112 Å². The van der Waals surface area contributed by atoms with Crippen LogP contribution in [0.2, 0.25) is 0 Å². The van der Waals surface area contributed by atoms with E-state index in [-0.39, 0.29) is 22.0 Å². The predicted octanol–water partition coefficient (Wildman–Crippen LogP) is 12.5. The Bertz CT molecular complexity index is 1820. The minimum absolute atomic E-state index is 0.127. The fourth-order valence-corrected chi connectivity index (χ4v) is 7.94. The van der Waals surface area contributed by atoms with Crippen LogP contribution in [-0.4, -0.2) is 18.3 Å². The van der Waals surface area contributed by atoms with E-state index in [1.807, 2.05) is 12.1 Å². The smallest absolute Gasteiger partial charge is 0.119 e. The van der Waals surface area contributed by atoms with E-state index in [0.717, 1.165) is 62.0 Å². The van der Waals surface area contributed by atoms with Crippen molar-refractivity contribution in [2.45, 2.75) is 113 Å². The fraction of sp³-hybridized carbons (Fsp3) is 0.478. The van der Waals surface area contributed by atoms with E-state index >= 15 is 0 Å². The van der Waals surface area contributed by atoms with Gasteiger partial charge in [0.2, 0.25) is 0 Å². The first-order chi connectivity index (χ1) is 23.4. The lowest BCUT2D eigenvalue weighted by atomic mass is 9.70. The van der Waals surface area contributed by atoms with Crippen molar-refractivity contribution < 1.29 is 14.6 Å². The van der Waals surface area contributed by atoms with Gasteiger partial charge >= 0.3 is 0 Å². The molecule has 0 amide bonds. The molecular formula is C46H58O3. The first-order valence-corrected chi connectivity index (χ1v) is 18.9. The highest BCUT2D eigenvalue weighted by Crippen LogP contribution is 2.64. The van der Waals surface area contributed by atoms with Crippen LogP contribution in [0.5, 0.6) is 17.2 Å². The molecule has 0 fully saturated rings. The van der Waals surface area contributed by atoms with Crippen molar-refractivity contribution in [1.29, 1.82) is 0 Å². The number of phenols is 1. The third kappa shape index (κ3) is 5.96. The molecule has 0 saturated carbocycles. The highest BCUT2D eigenvalue weighted by atomic mass is 16.5. The Morgan fingerprint density at radius 1 is 0.490 bits per heavy atom. The van der Waals surface area contributed by atoms with Gasteiger partial charge in [-0.3, -0.25) is 0 Å². The molecule has 260 valence electrons. The Labute approximate surface area is 296 Å². The fourth-order valence-electron chi connectivity index (χ4n) is 7.94. The van der Waals surface area contributed by atoms with Crippen molar-refractivity contribution in [2.75, 3.05) is 13.2 Å². The molecule has 3 heteroatoms. The average molecular weight is 659 g/mol. The largest absolute Gasteiger partial charge is 0.508 e. The van der Waals surface area contributed by atoms with Crippen LogP contribution in [0.1, 0.15) is 129 Å². The third-order valence-electron chi connectivity index (χ3n) is 13.2. The number of benzene rings is 4. The first-order valence-electron chi connectivity index (χ1n) is 18.9. The van der Waals surface area contributed by atoms with Crippen LogP contribution in [0.3, 0.4) is 0 Å². The number of rotatable bonds is 14. The Kier molecular flexibility index (Phi) is 9.46. The van der Waals surface area contributed by atoms with Gasteiger partial charge < -0.3 is 14.6 Å². The molecule has 1 atom stereocenters. The molecule has 1 spiro atoms. The van der Waals surface area contributed by atoms with Gasteiger partial charge in [0.05, 0.1) is 18.6 Å². The Morgan fingerprint density at radius 3 is 1.53 bits per heavy atom. The molecule has 1 N–H and O–H groups in total. The monoisotopic (exact) mass is 658 g/mol. The molecule has 2 aliphatic rings. The summed E-state index contributed by atoms with van der Waals surface area (Å²) in [6.07, 6.45) is 7.62. The Hall–Kier alpha value is -3.72. The quantitative estimate of drug-likeness (QED) is 0.127. The predicted molar refractivity (Wildman–Crippen MR) is 205 cm³/mol. The molecule has 4 aromatic carbocycles. The molecule has 0 aliphatic heterocycles.